The van der Waals surface area contributed by atoms with E-state index in [1.165, 1.54) is 16.6 Å². The number of aromatic amines is 1. The first kappa shape index (κ1) is 11.8. The predicted molar refractivity (Wildman–Crippen MR) is 78.7 cm³/mol. The van der Waals surface area contributed by atoms with Crippen LogP contribution in [0.15, 0.2) is 54.6 Å². The van der Waals surface area contributed by atoms with Crippen LogP contribution in [-0.2, 0) is 12.8 Å². The van der Waals surface area contributed by atoms with Gasteiger partial charge in [-0.05, 0) is 30.5 Å². The Hall–Kier alpha value is -2.22. The molecule has 0 amide bonds. The number of aromatic nitrogens is 1. The number of aryl methyl sites for hydroxylation is 2. The van der Waals surface area contributed by atoms with Crippen molar-refractivity contribution in [3.63, 3.8) is 0 Å². The van der Waals surface area contributed by atoms with Crippen molar-refractivity contribution in [3.05, 3.63) is 65.9 Å². The predicted octanol–water partition coefficient (Wildman–Crippen LogP) is 3.96. The number of H-pyrrole nitrogens is 1. The largest absolute Gasteiger partial charge is 0.495 e. The minimum atomic E-state index is 0.906. The van der Waals surface area contributed by atoms with Gasteiger partial charge in [0.2, 0.25) is 0 Å². The molecule has 0 aliphatic carbocycles. The van der Waals surface area contributed by atoms with Crippen LogP contribution in [0.25, 0.3) is 10.9 Å². The maximum Gasteiger partial charge on any atom is 0.142 e. The number of methoxy groups -OCH3 is 1. The van der Waals surface area contributed by atoms with Crippen molar-refractivity contribution in [1.82, 2.24) is 4.98 Å². The fourth-order valence-corrected chi connectivity index (χ4v) is 2.41. The quantitative estimate of drug-likeness (QED) is 0.746. The van der Waals surface area contributed by atoms with Crippen molar-refractivity contribution in [2.45, 2.75) is 12.8 Å². The molecule has 2 heteroatoms. The molecule has 19 heavy (non-hydrogen) atoms. The van der Waals surface area contributed by atoms with Gasteiger partial charge in [0, 0.05) is 11.1 Å². The molecule has 0 saturated heterocycles. The summed E-state index contributed by atoms with van der Waals surface area (Å²) < 4.78 is 5.37. The molecule has 2 aromatic carbocycles. The van der Waals surface area contributed by atoms with E-state index < -0.39 is 0 Å². The van der Waals surface area contributed by atoms with Gasteiger partial charge in [-0.1, -0.05) is 42.5 Å². The number of benzene rings is 2. The summed E-state index contributed by atoms with van der Waals surface area (Å²) in [6.45, 7) is 0. The molecule has 1 heterocycles. The van der Waals surface area contributed by atoms with Crippen molar-refractivity contribution < 1.29 is 4.74 Å². The molecule has 0 saturated carbocycles. The molecule has 1 aromatic heterocycles. The van der Waals surface area contributed by atoms with Gasteiger partial charge in [0.25, 0.3) is 0 Å². The van der Waals surface area contributed by atoms with Gasteiger partial charge in [-0.25, -0.2) is 0 Å². The third kappa shape index (κ3) is 2.48. The van der Waals surface area contributed by atoms with Crippen LogP contribution in [0, 0.1) is 0 Å². The van der Waals surface area contributed by atoms with E-state index in [4.69, 9.17) is 4.74 Å². The highest BCUT2D eigenvalue weighted by Gasteiger charge is 2.05. The van der Waals surface area contributed by atoms with Gasteiger partial charge in [-0.2, -0.15) is 0 Å². The molecule has 0 atom stereocenters. The monoisotopic (exact) mass is 251 g/mol. The summed E-state index contributed by atoms with van der Waals surface area (Å²) in [7, 11) is 1.71. The highest BCUT2D eigenvalue weighted by molar-refractivity contribution is 5.86. The van der Waals surface area contributed by atoms with Crippen LogP contribution in [-0.4, -0.2) is 12.1 Å². The van der Waals surface area contributed by atoms with E-state index in [1.54, 1.807) is 7.11 Å². The smallest absolute Gasteiger partial charge is 0.142 e. The highest BCUT2D eigenvalue weighted by Crippen LogP contribution is 2.25. The Morgan fingerprint density at radius 2 is 1.79 bits per heavy atom. The van der Waals surface area contributed by atoms with Gasteiger partial charge in [0.05, 0.1) is 12.6 Å². The van der Waals surface area contributed by atoms with E-state index >= 15 is 0 Å². The first-order valence-electron chi connectivity index (χ1n) is 6.55. The number of ether oxygens (including phenoxy) is 1. The van der Waals surface area contributed by atoms with Gasteiger partial charge >= 0.3 is 0 Å². The maximum atomic E-state index is 5.37. The Morgan fingerprint density at radius 3 is 2.58 bits per heavy atom. The van der Waals surface area contributed by atoms with Crippen molar-refractivity contribution in [2.75, 3.05) is 7.11 Å². The Balaban J connectivity index is 1.82. The summed E-state index contributed by atoms with van der Waals surface area (Å²) in [4.78, 5) is 3.46. The number of fused-ring (bicyclic) bond motifs is 1. The second-order valence-electron chi connectivity index (χ2n) is 4.70. The van der Waals surface area contributed by atoms with Crippen LogP contribution in [0.4, 0.5) is 0 Å². The summed E-state index contributed by atoms with van der Waals surface area (Å²) in [6, 6.07) is 18.9. The second kappa shape index (κ2) is 5.19. The first-order valence-corrected chi connectivity index (χ1v) is 6.55. The number of nitrogens with one attached hydrogen (secondary N) is 1. The third-order valence-corrected chi connectivity index (χ3v) is 3.42. The zero-order valence-electron chi connectivity index (χ0n) is 11.0. The summed E-state index contributed by atoms with van der Waals surface area (Å²) >= 11 is 0. The summed E-state index contributed by atoms with van der Waals surface area (Å²) in [5.74, 6) is 0.906. The lowest BCUT2D eigenvalue weighted by Gasteiger charge is -2.00. The Morgan fingerprint density at radius 1 is 0.947 bits per heavy atom. The molecule has 0 aliphatic rings. The number of para-hydroxylation sites is 1. The molecule has 0 fully saturated rings. The topological polar surface area (TPSA) is 25.0 Å². The number of hydrogen-bond donors (Lipinski definition) is 1. The molecule has 3 aromatic rings. The normalized spacial score (nSPS) is 10.8. The zero-order chi connectivity index (χ0) is 13.1. The Bertz CT molecular complexity index is 670. The van der Waals surface area contributed by atoms with Crippen LogP contribution in [0.1, 0.15) is 11.3 Å². The fraction of sp³-hybridized carbons (Fsp3) is 0.176. The lowest BCUT2D eigenvalue weighted by molar-refractivity contribution is 0.419. The van der Waals surface area contributed by atoms with Gasteiger partial charge in [0.15, 0.2) is 0 Å². The van der Waals surface area contributed by atoms with Crippen LogP contribution in [0.3, 0.4) is 0 Å². The van der Waals surface area contributed by atoms with Crippen molar-refractivity contribution in [1.29, 1.82) is 0 Å². The van der Waals surface area contributed by atoms with E-state index in [-0.39, 0.29) is 0 Å². The first-order chi connectivity index (χ1) is 9.36. The lowest BCUT2D eigenvalue weighted by atomic mass is 10.1. The minimum Gasteiger partial charge on any atom is -0.495 e. The zero-order valence-corrected chi connectivity index (χ0v) is 11.0. The SMILES string of the molecule is COc1cccc2cc(CCc3ccccc3)[nH]c12. The third-order valence-electron chi connectivity index (χ3n) is 3.42. The molecular weight excluding hydrogens is 234 g/mol. The van der Waals surface area contributed by atoms with Gasteiger partial charge in [-0.15, -0.1) is 0 Å². The van der Waals surface area contributed by atoms with E-state index in [2.05, 4.69) is 47.4 Å². The molecule has 0 radical (unpaired) electrons. The molecule has 0 aliphatic heterocycles. The molecule has 0 bridgehead atoms. The number of hydrogen-bond acceptors (Lipinski definition) is 1. The second-order valence-corrected chi connectivity index (χ2v) is 4.70. The fourth-order valence-electron chi connectivity index (χ4n) is 2.41. The molecule has 3 rings (SSSR count). The number of rotatable bonds is 4. The minimum absolute atomic E-state index is 0.906. The van der Waals surface area contributed by atoms with Crippen LogP contribution >= 0.6 is 0 Å². The van der Waals surface area contributed by atoms with Crippen molar-refractivity contribution in [2.24, 2.45) is 0 Å². The van der Waals surface area contributed by atoms with E-state index in [0.717, 1.165) is 24.1 Å². The van der Waals surface area contributed by atoms with E-state index in [1.807, 2.05) is 12.1 Å². The molecule has 96 valence electrons. The molecule has 0 spiro atoms. The van der Waals surface area contributed by atoms with E-state index in [9.17, 15) is 0 Å². The summed E-state index contributed by atoms with van der Waals surface area (Å²) in [5, 5.41) is 1.21. The van der Waals surface area contributed by atoms with Gasteiger partial charge in [-0.3, -0.25) is 0 Å². The summed E-state index contributed by atoms with van der Waals surface area (Å²) in [5.41, 5.74) is 3.71. The average Bonchev–Trinajstić information content (AvgIpc) is 2.89. The van der Waals surface area contributed by atoms with Crippen molar-refractivity contribution in [3.8, 4) is 5.75 Å². The van der Waals surface area contributed by atoms with Gasteiger partial charge < -0.3 is 9.72 Å². The lowest BCUT2D eigenvalue weighted by Crippen LogP contribution is -1.91. The molecular formula is C17H17NO. The molecule has 2 nitrogen and oxygen atoms in total. The maximum absolute atomic E-state index is 5.37. The van der Waals surface area contributed by atoms with Crippen LogP contribution in [0.5, 0.6) is 5.75 Å². The van der Waals surface area contributed by atoms with Gasteiger partial charge in [0.1, 0.15) is 5.75 Å². The Kier molecular flexibility index (Phi) is 3.23. The van der Waals surface area contributed by atoms with Crippen LogP contribution in [0.2, 0.25) is 0 Å². The summed E-state index contributed by atoms with van der Waals surface area (Å²) in [6.07, 6.45) is 2.07. The van der Waals surface area contributed by atoms with E-state index in [0.29, 0.717) is 0 Å². The average molecular weight is 251 g/mol. The molecule has 1 N–H and O–H groups in total. The van der Waals surface area contributed by atoms with Crippen LogP contribution < -0.4 is 4.74 Å². The molecule has 0 unspecified atom stereocenters. The van der Waals surface area contributed by atoms with Crippen molar-refractivity contribution >= 4 is 10.9 Å². The highest BCUT2D eigenvalue weighted by atomic mass is 16.5. The Labute approximate surface area is 113 Å². The standard InChI is InChI=1S/C17H17NO/c1-19-16-9-5-8-14-12-15(18-17(14)16)11-10-13-6-3-2-4-7-13/h2-9,12,18H,10-11H2,1H3.